The molecule has 0 saturated heterocycles. The smallest absolute Gasteiger partial charge is 0.192 e. The molecule has 126 valence electrons. The number of aryl methyl sites for hydroxylation is 1. The summed E-state index contributed by atoms with van der Waals surface area (Å²) in [6.07, 6.45) is 2.62. The van der Waals surface area contributed by atoms with E-state index in [-0.39, 0.29) is 30.0 Å². The van der Waals surface area contributed by atoms with Crippen LogP contribution in [0.25, 0.3) is 0 Å². The van der Waals surface area contributed by atoms with E-state index in [1.807, 2.05) is 13.0 Å². The van der Waals surface area contributed by atoms with Crippen molar-refractivity contribution in [3.63, 3.8) is 0 Å². The highest BCUT2D eigenvalue weighted by Gasteiger charge is 2.08. The molecular weight excluding hydrogens is 403 g/mol. The number of aliphatic imine (C=N–C) groups is 1. The van der Waals surface area contributed by atoms with Crippen molar-refractivity contribution >= 4 is 29.9 Å². The van der Waals surface area contributed by atoms with Crippen molar-refractivity contribution in [3.05, 3.63) is 53.4 Å². The van der Waals surface area contributed by atoms with Crippen LogP contribution in [0.2, 0.25) is 0 Å². The Morgan fingerprint density at radius 1 is 1.22 bits per heavy atom. The van der Waals surface area contributed by atoms with E-state index in [9.17, 15) is 0 Å². The molecule has 0 fully saturated rings. The molecule has 2 rings (SSSR count). The van der Waals surface area contributed by atoms with Gasteiger partial charge in [-0.25, -0.2) is 4.99 Å². The van der Waals surface area contributed by atoms with E-state index in [4.69, 9.17) is 4.52 Å². The molecule has 0 spiro atoms. The van der Waals surface area contributed by atoms with Gasteiger partial charge in [0.05, 0.1) is 12.6 Å². The van der Waals surface area contributed by atoms with E-state index >= 15 is 0 Å². The van der Waals surface area contributed by atoms with Gasteiger partial charge in [0, 0.05) is 12.6 Å². The van der Waals surface area contributed by atoms with Gasteiger partial charge in [0.25, 0.3) is 0 Å². The maximum Gasteiger partial charge on any atom is 0.192 e. The van der Waals surface area contributed by atoms with Crippen LogP contribution in [0.3, 0.4) is 0 Å². The molecule has 2 aromatic rings. The molecule has 0 saturated carbocycles. The minimum Gasteiger partial charge on any atom is -0.364 e. The van der Waals surface area contributed by atoms with Gasteiger partial charge in [-0.3, -0.25) is 0 Å². The van der Waals surface area contributed by atoms with Crippen molar-refractivity contribution in [1.29, 1.82) is 0 Å². The van der Waals surface area contributed by atoms with Crippen molar-refractivity contribution < 1.29 is 4.52 Å². The first-order chi connectivity index (χ1) is 10.7. The number of halogens is 1. The Bertz CT molecular complexity index is 581. The molecule has 0 amide bonds. The van der Waals surface area contributed by atoms with E-state index < -0.39 is 0 Å². The lowest BCUT2D eigenvalue weighted by atomic mass is 10.1. The van der Waals surface area contributed by atoms with Crippen molar-refractivity contribution in [1.82, 2.24) is 15.8 Å². The normalized spacial score (nSPS) is 12.4. The number of nitrogens with zero attached hydrogens (tertiary/aromatic N) is 2. The highest BCUT2D eigenvalue weighted by atomic mass is 127. The third-order valence-corrected chi connectivity index (χ3v) is 3.48. The van der Waals surface area contributed by atoms with Crippen LogP contribution < -0.4 is 10.6 Å². The molecule has 0 radical (unpaired) electrons. The van der Waals surface area contributed by atoms with Gasteiger partial charge >= 0.3 is 0 Å². The predicted molar refractivity (Wildman–Crippen MR) is 104 cm³/mol. The van der Waals surface area contributed by atoms with Gasteiger partial charge in [-0.15, -0.1) is 24.0 Å². The van der Waals surface area contributed by atoms with Crippen LogP contribution in [0.1, 0.15) is 43.6 Å². The van der Waals surface area contributed by atoms with Crippen LogP contribution in [0.15, 0.2) is 46.1 Å². The number of rotatable bonds is 6. The van der Waals surface area contributed by atoms with Crippen molar-refractivity contribution in [2.75, 3.05) is 6.54 Å². The molecule has 0 bridgehead atoms. The first kappa shape index (κ1) is 19.5. The highest BCUT2D eigenvalue weighted by Crippen LogP contribution is 2.13. The highest BCUT2D eigenvalue weighted by molar-refractivity contribution is 14.0. The van der Waals surface area contributed by atoms with Gasteiger partial charge in [-0.2, -0.15) is 0 Å². The fraction of sp³-hybridized carbons (Fsp3) is 0.412. The van der Waals surface area contributed by atoms with Crippen LogP contribution >= 0.6 is 24.0 Å². The Morgan fingerprint density at radius 3 is 2.52 bits per heavy atom. The van der Waals surface area contributed by atoms with Gasteiger partial charge in [0.15, 0.2) is 5.96 Å². The lowest BCUT2D eigenvalue weighted by Crippen LogP contribution is -2.38. The Morgan fingerprint density at radius 2 is 1.96 bits per heavy atom. The van der Waals surface area contributed by atoms with Crippen LogP contribution in [0, 0.1) is 0 Å². The SMILES string of the molecule is CCNC(=NCc1ccon1)NC(C)c1ccc(CC)cc1.I. The van der Waals surface area contributed by atoms with E-state index in [1.165, 1.54) is 11.1 Å². The summed E-state index contributed by atoms with van der Waals surface area (Å²) < 4.78 is 4.82. The van der Waals surface area contributed by atoms with E-state index in [0.717, 1.165) is 24.6 Å². The average Bonchev–Trinajstić information content (AvgIpc) is 3.06. The second-order valence-electron chi connectivity index (χ2n) is 5.15. The number of hydrogen-bond donors (Lipinski definition) is 2. The molecule has 0 aliphatic rings. The van der Waals surface area contributed by atoms with Crippen molar-refractivity contribution in [2.45, 2.75) is 39.8 Å². The number of nitrogens with one attached hydrogen (secondary N) is 2. The molecule has 1 aromatic carbocycles. The minimum absolute atomic E-state index is 0. The fourth-order valence-electron chi connectivity index (χ4n) is 2.13. The van der Waals surface area contributed by atoms with Crippen LogP contribution in [-0.2, 0) is 13.0 Å². The second-order valence-corrected chi connectivity index (χ2v) is 5.15. The third kappa shape index (κ3) is 6.21. The molecule has 1 atom stereocenters. The lowest BCUT2D eigenvalue weighted by molar-refractivity contribution is 0.412. The average molecular weight is 428 g/mol. The monoisotopic (exact) mass is 428 g/mol. The zero-order chi connectivity index (χ0) is 15.8. The lowest BCUT2D eigenvalue weighted by Gasteiger charge is -2.18. The molecular formula is C17H25IN4O. The summed E-state index contributed by atoms with van der Waals surface area (Å²) in [5.74, 6) is 0.776. The Kier molecular flexibility index (Phi) is 8.68. The van der Waals surface area contributed by atoms with Crippen LogP contribution in [0.4, 0.5) is 0 Å². The second kappa shape index (κ2) is 10.3. The number of hydrogen-bond acceptors (Lipinski definition) is 3. The summed E-state index contributed by atoms with van der Waals surface area (Å²) in [6, 6.07) is 10.7. The van der Waals surface area contributed by atoms with Crippen LogP contribution in [-0.4, -0.2) is 17.7 Å². The van der Waals surface area contributed by atoms with E-state index in [2.05, 4.69) is 58.9 Å². The Balaban J connectivity index is 0.00000264. The maximum atomic E-state index is 4.82. The summed E-state index contributed by atoms with van der Waals surface area (Å²) in [7, 11) is 0. The molecule has 6 heteroatoms. The first-order valence-corrected chi connectivity index (χ1v) is 7.75. The van der Waals surface area contributed by atoms with Gasteiger partial charge < -0.3 is 15.2 Å². The zero-order valence-corrected chi connectivity index (χ0v) is 16.2. The molecule has 1 heterocycles. The molecule has 0 aliphatic heterocycles. The summed E-state index contributed by atoms with van der Waals surface area (Å²) in [6.45, 7) is 7.65. The van der Waals surface area contributed by atoms with Gasteiger partial charge in [-0.05, 0) is 31.4 Å². The van der Waals surface area contributed by atoms with Gasteiger partial charge in [0.1, 0.15) is 12.0 Å². The van der Waals surface area contributed by atoms with Crippen molar-refractivity contribution in [3.8, 4) is 0 Å². The largest absolute Gasteiger partial charge is 0.364 e. The number of guanidine groups is 1. The van der Waals surface area contributed by atoms with E-state index in [1.54, 1.807) is 6.26 Å². The summed E-state index contributed by atoms with van der Waals surface area (Å²) in [5, 5.41) is 10.5. The summed E-state index contributed by atoms with van der Waals surface area (Å²) in [5.41, 5.74) is 3.41. The third-order valence-electron chi connectivity index (χ3n) is 3.48. The molecule has 23 heavy (non-hydrogen) atoms. The topological polar surface area (TPSA) is 62.5 Å². The fourth-order valence-corrected chi connectivity index (χ4v) is 2.13. The number of aromatic nitrogens is 1. The maximum absolute atomic E-state index is 4.82. The molecule has 0 aliphatic carbocycles. The van der Waals surface area contributed by atoms with Crippen molar-refractivity contribution in [2.24, 2.45) is 4.99 Å². The van der Waals surface area contributed by atoms with Gasteiger partial charge in [-0.1, -0.05) is 36.3 Å². The van der Waals surface area contributed by atoms with Gasteiger partial charge in [0.2, 0.25) is 0 Å². The Hall–Kier alpha value is -1.57. The minimum atomic E-state index is 0. The quantitative estimate of drug-likeness (QED) is 0.419. The molecule has 2 N–H and O–H groups in total. The first-order valence-electron chi connectivity index (χ1n) is 7.75. The Labute approximate surface area is 155 Å². The van der Waals surface area contributed by atoms with E-state index in [0.29, 0.717) is 6.54 Å². The van der Waals surface area contributed by atoms with Crippen LogP contribution in [0.5, 0.6) is 0 Å². The summed E-state index contributed by atoms with van der Waals surface area (Å²) >= 11 is 0. The summed E-state index contributed by atoms with van der Waals surface area (Å²) in [4.78, 5) is 4.53. The standard InChI is InChI=1S/C17H24N4O.HI/c1-4-14-6-8-15(9-7-14)13(3)20-17(18-5-2)19-12-16-10-11-22-21-16;/h6-11,13H,4-5,12H2,1-3H3,(H2,18,19,20);1H. The predicted octanol–water partition coefficient (Wildman–Crippen LogP) is 3.67. The zero-order valence-electron chi connectivity index (χ0n) is 13.9. The molecule has 5 nitrogen and oxygen atoms in total. The molecule has 1 aromatic heterocycles. The molecule has 1 unspecified atom stereocenters. The number of benzene rings is 1.